The Balaban J connectivity index is 1.78. The van der Waals surface area contributed by atoms with E-state index in [9.17, 15) is 18.5 Å². The molecule has 0 saturated heterocycles. The molecular weight excluding hydrogens is 532 g/mol. The van der Waals surface area contributed by atoms with E-state index < -0.39 is 16.0 Å². The van der Waals surface area contributed by atoms with Crippen molar-refractivity contribution in [3.05, 3.63) is 87.4 Å². The van der Waals surface area contributed by atoms with Crippen molar-refractivity contribution in [2.45, 2.75) is 4.90 Å². The third-order valence-corrected chi connectivity index (χ3v) is 6.40. The van der Waals surface area contributed by atoms with Crippen molar-refractivity contribution in [1.82, 2.24) is 0 Å². The SMILES string of the molecule is COc1ccc(S(=O)(=O)Oc2ccc(/C=C(\C#N)C(=O)Nc3ccc(Cl)cc3)cc2Br)cc1. The van der Waals surface area contributed by atoms with Crippen LogP contribution in [0, 0.1) is 11.3 Å². The number of amides is 1. The molecule has 168 valence electrons. The van der Waals surface area contributed by atoms with Gasteiger partial charge in [0.15, 0.2) is 5.75 Å². The van der Waals surface area contributed by atoms with Gasteiger partial charge in [0.05, 0.1) is 11.6 Å². The van der Waals surface area contributed by atoms with Crippen molar-refractivity contribution in [2.24, 2.45) is 0 Å². The molecule has 0 unspecified atom stereocenters. The number of nitrogens with zero attached hydrogens (tertiary/aromatic N) is 1. The van der Waals surface area contributed by atoms with Crippen molar-refractivity contribution in [1.29, 1.82) is 5.26 Å². The molecule has 3 rings (SSSR count). The lowest BCUT2D eigenvalue weighted by atomic mass is 10.1. The fourth-order valence-electron chi connectivity index (χ4n) is 2.63. The standard InChI is InChI=1S/C23H16BrClN2O5S/c1-31-19-7-9-20(10-8-19)33(29,30)32-22-11-2-15(13-21(22)24)12-16(14-26)23(28)27-18-5-3-17(25)4-6-18/h2-13H,1H3,(H,27,28)/b16-12+. The van der Waals surface area contributed by atoms with Crippen LogP contribution in [0.3, 0.4) is 0 Å². The van der Waals surface area contributed by atoms with Crippen molar-refractivity contribution in [3.8, 4) is 17.6 Å². The lowest BCUT2D eigenvalue weighted by Crippen LogP contribution is -2.13. The van der Waals surface area contributed by atoms with Crippen LogP contribution >= 0.6 is 27.5 Å². The molecule has 0 heterocycles. The van der Waals surface area contributed by atoms with E-state index in [1.54, 1.807) is 24.3 Å². The van der Waals surface area contributed by atoms with Gasteiger partial charge in [-0.15, -0.1) is 0 Å². The quantitative estimate of drug-likeness (QED) is 0.240. The highest BCUT2D eigenvalue weighted by molar-refractivity contribution is 9.10. The van der Waals surface area contributed by atoms with Crippen LogP contribution in [0.2, 0.25) is 5.02 Å². The lowest BCUT2D eigenvalue weighted by Gasteiger charge is -2.10. The molecule has 0 aliphatic carbocycles. The zero-order valence-electron chi connectivity index (χ0n) is 17.1. The Morgan fingerprint density at radius 3 is 2.33 bits per heavy atom. The number of nitrogens with one attached hydrogen (secondary N) is 1. The number of anilines is 1. The predicted octanol–water partition coefficient (Wildman–Crippen LogP) is 5.42. The average molecular weight is 548 g/mol. The Labute approximate surface area is 204 Å². The Kier molecular flexibility index (Phi) is 7.76. The molecule has 0 aliphatic rings. The summed E-state index contributed by atoms with van der Waals surface area (Å²) in [7, 11) is -2.60. The first kappa shape index (κ1) is 24.3. The molecule has 0 aromatic heterocycles. The van der Waals surface area contributed by atoms with Gasteiger partial charge in [-0.3, -0.25) is 4.79 Å². The number of hydrogen-bond acceptors (Lipinski definition) is 6. The van der Waals surface area contributed by atoms with E-state index in [0.29, 0.717) is 26.5 Å². The number of carbonyl (C=O) groups is 1. The topological polar surface area (TPSA) is 105 Å². The smallest absolute Gasteiger partial charge is 0.339 e. The van der Waals surface area contributed by atoms with Gasteiger partial charge in [-0.2, -0.15) is 13.7 Å². The molecule has 0 spiro atoms. The Morgan fingerprint density at radius 2 is 1.76 bits per heavy atom. The van der Waals surface area contributed by atoms with Gasteiger partial charge in [0.2, 0.25) is 0 Å². The number of ether oxygens (including phenoxy) is 1. The van der Waals surface area contributed by atoms with Crippen molar-refractivity contribution in [2.75, 3.05) is 12.4 Å². The summed E-state index contributed by atoms with van der Waals surface area (Å²) >= 11 is 9.10. The van der Waals surface area contributed by atoms with E-state index in [4.69, 9.17) is 20.5 Å². The first-order chi connectivity index (χ1) is 15.7. The number of nitriles is 1. The van der Waals surface area contributed by atoms with E-state index in [1.165, 1.54) is 55.7 Å². The summed E-state index contributed by atoms with van der Waals surface area (Å²) in [6.45, 7) is 0. The van der Waals surface area contributed by atoms with Crippen LogP contribution in [0.15, 0.2) is 81.7 Å². The van der Waals surface area contributed by atoms with Crippen LogP contribution < -0.4 is 14.2 Å². The summed E-state index contributed by atoms with van der Waals surface area (Å²) in [5.74, 6) is -0.0369. The highest BCUT2D eigenvalue weighted by Crippen LogP contribution is 2.30. The maximum Gasteiger partial charge on any atom is 0.339 e. The van der Waals surface area contributed by atoms with Crippen LogP contribution in [0.4, 0.5) is 5.69 Å². The third-order valence-electron chi connectivity index (χ3n) is 4.28. The summed E-state index contributed by atoms with van der Waals surface area (Å²) < 4.78 is 35.7. The number of carbonyl (C=O) groups excluding carboxylic acids is 1. The van der Waals surface area contributed by atoms with E-state index in [2.05, 4.69) is 21.2 Å². The van der Waals surface area contributed by atoms with Gasteiger partial charge in [-0.05, 0) is 88.2 Å². The van der Waals surface area contributed by atoms with Crippen molar-refractivity contribution >= 4 is 55.3 Å². The van der Waals surface area contributed by atoms with Crippen LogP contribution in [0.25, 0.3) is 6.08 Å². The average Bonchev–Trinajstić information content (AvgIpc) is 2.80. The molecule has 1 amide bonds. The van der Waals surface area contributed by atoms with E-state index in [-0.39, 0.29) is 16.2 Å². The van der Waals surface area contributed by atoms with Crippen LogP contribution in [0.5, 0.6) is 11.5 Å². The fraction of sp³-hybridized carbons (Fsp3) is 0.0435. The van der Waals surface area contributed by atoms with Gasteiger partial charge in [0.1, 0.15) is 22.3 Å². The zero-order valence-corrected chi connectivity index (χ0v) is 20.2. The second-order valence-corrected chi connectivity index (χ2v) is 9.37. The molecule has 3 aromatic rings. The minimum absolute atomic E-state index is 0.0372. The maximum atomic E-state index is 12.5. The summed E-state index contributed by atoms with van der Waals surface area (Å²) in [5.41, 5.74) is 0.828. The predicted molar refractivity (Wildman–Crippen MR) is 129 cm³/mol. The normalized spacial score (nSPS) is 11.4. The van der Waals surface area contributed by atoms with Gasteiger partial charge in [-0.1, -0.05) is 17.7 Å². The van der Waals surface area contributed by atoms with Gasteiger partial charge >= 0.3 is 10.1 Å². The highest BCUT2D eigenvalue weighted by Gasteiger charge is 2.19. The van der Waals surface area contributed by atoms with Crippen molar-refractivity contribution in [3.63, 3.8) is 0 Å². The van der Waals surface area contributed by atoms with Crippen LogP contribution in [-0.4, -0.2) is 21.4 Å². The molecule has 0 saturated carbocycles. The molecule has 0 atom stereocenters. The first-order valence-corrected chi connectivity index (χ1v) is 11.9. The van der Waals surface area contributed by atoms with Crippen LogP contribution in [-0.2, 0) is 14.9 Å². The van der Waals surface area contributed by atoms with Crippen molar-refractivity contribution < 1.29 is 22.1 Å². The molecule has 10 heteroatoms. The summed E-state index contributed by atoms with van der Waals surface area (Å²) in [6.07, 6.45) is 1.37. The van der Waals surface area contributed by atoms with Gasteiger partial charge in [0.25, 0.3) is 5.91 Å². The largest absolute Gasteiger partial charge is 0.497 e. The zero-order chi connectivity index (χ0) is 24.0. The molecule has 0 bridgehead atoms. The molecule has 33 heavy (non-hydrogen) atoms. The number of halogens is 2. The third kappa shape index (κ3) is 6.35. The number of rotatable bonds is 7. The second-order valence-electron chi connectivity index (χ2n) is 6.53. The fourth-order valence-corrected chi connectivity index (χ4v) is 4.29. The van der Waals surface area contributed by atoms with Gasteiger partial charge < -0.3 is 14.2 Å². The Morgan fingerprint density at radius 1 is 1.09 bits per heavy atom. The molecular formula is C23H16BrClN2O5S. The Bertz CT molecular complexity index is 1350. The van der Waals surface area contributed by atoms with Gasteiger partial charge in [-0.25, -0.2) is 0 Å². The number of benzene rings is 3. The maximum absolute atomic E-state index is 12.5. The van der Waals surface area contributed by atoms with E-state index >= 15 is 0 Å². The second kappa shape index (κ2) is 10.5. The summed E-state index contributed by atoms with van der Waals surface area (Å²) in [5, 5.41) is 12.5. The molecule has 1 N–H and O–H groups in total. The molecule has 0 fully saturated rings. The minimum Gasteiger partial charge on any atom is -0.497 e. The minimum atomic E-state index is -4.08. The van der Waals surface area contributed by atoms with E-state index in [0.717, 1.165) is 0 Å². The Hall–Kier alpha value is -3.32. The number of hydrogen-bond donors (Lipinski definition) is 1. The first-order valence-electron chi connectivity index (χ1n) is 9.28. The van der Waals surface area contributed by atoms with Crippen LogP contribution in [0.1, 0.15) is 5.56 Å². The lowest BCUT2D eigenvalue weighted by molar-refractivity contribution is -0.112. The summed E-state index contributed by atoms with van der Waals surface area (Å²) in [6, 6.07) is 18.6. The van der Waals surface area contributed by atoms with Gasteiger partial charge in [0, 0.05) is 10.7 Å². The summed E-state index contributed by atoms with van der Waals surface area (Å²) in [4.78, 5) is 12.4. The highest BCUT2D eigenvalue weighted by atomic mass is 79.9. The molecule has 0 aliphatic heterocycles. The molecule has 3 aromatic carbocycles. The molecule has 7 nitrogen and oxygen atoms in total. The van der Waals surface area contributed by atoms with E-state index in [1.807, 2.05) is 6.07 Å². The molecule has 0 radical (unpaired) electrons. The number of methoxy groups -OCH3 is 1. The monoisotopic (exact) mass is 546 g/mol.